The van der Waals surface area contributed by atoms with Crippen molar-refractivity contribution in [2.24, 2.45) is 11.8 Å². The van der Waals surface area contributed by atoms with Crippen LogP contribution in [0.15, 0.2) is 30.3 Å². The number of likely N-dealkylation sites (tertiary alicyclic amines) is 1. The summed E-state index contributed by atoms with van der Waals surface area (Å²) in [4.78, 5) is 2.74. The Kier molecular flexibility index (Phi) is 4.74. The van der Waals surface area contributed by atoms with Crippen LogP contribution in [0.4, 0.5) is 0 Å². The lowest BCUT2D eigenvalue weighted by molar-refractivity contribution is 0.101. The smallest absolute Gasteiger partial charge is 0.0223 e. The highest BCUT2D eigenvalue weighted by Crippen LogP contribution is 2.25. The highest BCUT2D eigenvalue weighted by Gasteiger charge is 2.28. The van der Waals surface area contributed by atoms with Crippen molar-refractivity contribution >= 4 is 0 Å². The van der Waals surface area contributed by atoms with Crippen LogP contribution >= 0.6 is 0 Å². The van der Waals surface area contributed by atoms with Gasteiger partial charge < -0.3 is 5.32 Å². The molecule has 2 nitrogen and oxygen atoms in total. The number of piperidine rings is 2. The predicted molar refractivity (Wildman–Crippen MR) is 84.9 cm³/mol. The quantitative estimate of drug-likeness (QED) is 0.910. The van der Waals surface area contributed by atoms with Crippen molar-refractivity contribution < 1.29 is 0 Å². The molecular formula is C18H28N2. The molecule has 2 atom stereocenters. The number of hydrogen-bond acceptors (Lipinski definition) is 2. The van der Waals surface area contributed by atoms with Crippen LogP contribution in [-0.2, 0) is 6.42 Å². The SMILES string of the molecule is CC1CNCC(N2CCC(Cc3ccccc3)CC2)C1. The van der Waals surface area contributed by atoms with E-state index in [0.29, 0.717) is 0 Å². The topological polar surface area (TPSA) is 15.3 Å². The van der Waals surface area contributed by atoms with E-state index < -0.39 is 0 Å². The Morgan fingerprint density at radius 1 is 1.10 bits per heavy atom. The molecule has 0 radical (unpaired) electrons. The Labute approximate surface area is 123 Å². The van der Waals surface area contributed by atoms with E-state index in [9.17, 15) is 0 Å². The summed E-state index contributed by atoms with van der Waals surface area (Å²) in [6, 6.07) is 11.8. The van der Waals surface area contributed by atoms with E-state index in [1.54, 1.807) is 0 Å². The molecule has 2 saturated heterocycles. The van der Waals surface area contributed by atoms with E-state index in [2.05, 4.69) is 47.5 Å². The first-order valence-corrected chi connectivity index (χ1v) is 8.30. The number of rotatable bonds is 3. The van der Waals surface area contributed by atoms with Crippen molar-refractivity contribution in [1.29, 1.82) is 0 Å². The van der Waals surface area contributed by atoms with Crippen LogP contribution in [0.25, 0.3) is 0 Å². The second-order valence-electron chi connectivity index (χ2n) is 6.82. The van der Waals surface area contributed by atoms with Gasteiger partial charge in [-0.05, 0) is 62.7 Å². The number of nitrogens with zero attached hydrogens (tertiary/aromatic N) is 1. The van der Waals surface area contributed by atoms with Crippen molar-refractivity contribution in [3.8, 4) is 0 Å². The lowest BCUT2D eigenvalue weighted by Crippen LogP contribution is -2.51. The summed E-state index contributed by atoms with van der Waals surface area (Å²) in [5, 5.41) is 3.59. The zero-order chi connectivity index (χ0) is 13.8. The Morgan fingerprint density at radius 3 is 2.55 bits per heavy atom. The fourth-order valence-electron chi connectivity index (χ4n) is 3.88. The fourth-order valence-corrected chi connectivity index (χ4v) is 3.88. The van der Waals surface area contributed by atoms with Gasteiger partial charge in [0.25, 0.3) is 0 Å². The summed E-state index contributed by atoms with van der Waals surface area (Å²) in [6.07, 6.45) is 5.41. The third kappa shape index (κ3) is 3.62. The number of benzene rings is 1. The summed E-state index contributed by atoms with van der Waals surface area (Å²) in [6.45, 7) is 7.39. The molecule has 0 aliphatic carbocycles. The monoisotopic (exact) mass is 272 g/mol. The molecule has 0 bridgehead atoms. The molecule has 1 N–H and O–H groups in total. The summed E-state index contributed by atoms with van der Waals surface area (Å²) in [5.41, 5.74) is 1.51. The minimum Gasteiger partial charge on any atom is -0.315 e. The molecule has 3 rings (SSSR count). The van der Waals surface area contributed by atoms with Gasteiger partial charge in [-0.15, -0.1) is 0 Å². The number of nitrogens with one attached hydrogen (secondary N) is 1. The maximum atomic E-state index is 3.59. The largest absolute Gasteiger partial charge is 0.315 e. The van der Waals surface area contributed by atoms with Gasteiger partial charge in [-0.25, -0.2) is 0 Å². The van der Waals surface area contributed by atoms with Crippen LogP contribution in [0, 0.1) is 11.8 Å². The van der Waals surface area contributed by atoms with Gasteiger partial charge in [-0.3, -0.25) is 4.90 Å². The van der Waals surface area contributed by atoms with E-state index in [-0.39, 0.29) is 0 Å². The van der Waals surface area contributed by atoms with Crippen molar-refractivity contribution in [2.75, 3.05) is 26.2 Å². The first-order valence-electron chi connectivity index (χ1n) is 8.30. The summed E-state index contributed by atoms with van der Waals surface area (Å²) < 4.78 is 0. The third-order valence-corrected chi connectivity index (χ3v) is 5.08. The summed E-state index contributed by atoms with van der Waals surface area (Å²) in [5.74, 6) is 1.73. The van der Waals surface area contributed by atoms with Gasteiger partial charge in [0.05, 0.1) is 0 Å². The highest BCUT2D eigenvalue weighted by atomic mass is 15.2. The molecule has 1 aromatic carbocycles. The van der Waals surface area contributed by atoms with E-state index >= 15 is 0 Å². The van der Waals surface area contributed by atoms with Gasteiger partial charge in [-0.2, -0.15) is 0 Å². The molecule has 2 heterocycles. The lowest BCUT2D eigenvalue weighted by Gasteiger charge is -2.41. The Bertz CT molecular complexity index is 395. The van der Waals surface area contributed by atoms with Crippen LogP contribution in [0.3, 0.4) is 0 Å². The number of hydrogen-bond donors (Lipinski definition) is 1. The van der Waals surface area contributed by atoms with E-state index in [1.165, 1.54) is 57.4 Å². The molecule has 0 saturated carbocycles. The maximum absolute atomic E-state index is 3.59. The van der Waals surface area contributed by atoms with Crippen molar-refractivity contribution in [3.05, 3.63) is 35.9 Å². The Hall–Kier alpha value is -0.860. The zero-order valence-corrected chi connectivity index (χ0v) is 12.7. The molecule has 0 aromatic heterocycles. The second kappa shape index (κ2) is 6.73. The minimum atomic E-state index is 0.788. The second-order valence-corrected chi connectivity index (χ2v) is 6.82. The summed E-state index contributed by atoms with van der Waals surface area (Å²) in [7, 11) is 0. The van der Waals surface area contributed by atoms with Gasteiger partial charge in [0.2, 0.25) is 0 Å². The fraction of sp³-hybridized carbons (Fsp3) is 0.667. The van der Waals surface area contributed by atoms with Gasteiger partial charge in [-0.1, -0.05) is 37.3 Å². The van der Waals surface area contributed by atoms with Crippen LogP contribution in [0.5, 0.6) is 0 Å². The highest BCUT2D eigenvalue weighted by molar-refractivity contribution is 5.15. The lowest BCUT2D eigenvalue weighted by atomic mass is 9.88. The average Bonchev–Trinajstić information content (AvgIpc) is 2.49. The van der Waals surface area contributed by atoms with Crippen molar-refractivity contribution in [1.82, 2.24) is 10.2 Å². The maximum Gasteiger partial charge on any atom is 0.0223 e. The van der Waals surface area contributed by atoms with E-state index in [1.807, 2.05) is 0 Å². The average molecular weight is 272 g/mol. The minimum absolute atomic E-state index is 0.788. The molecule has 2 unspecified atom stereocenters. The first kappa shape index (κ1) is 14.1. The van der Waals surface area contributed by atoms with Crippen LogP contribution in [-0.4, -0.2) is 37.1 Å². The first-order chi connectivity index (χ1) is 9.81. The molecule has 2 fully saturated rings. The molecular weight excluding hydrogens is 244 g/mol. The molecule has 20 heavy (non-hydrogen) atoms. The van der Waals surface area contributed by atoms with Gasteiger partial charge in [0.1, 0.15) is 0 Å². The predicted octanol–water partition coefficient (Wildman–Crippen LogP) is 2.94. The normalized spacial score (nSPS) is 29.4. The Balaban J connectivity index is 1.47. The summed E-state index contributed by atoms with van der Waals surface area (Å²) >= 11 is 0. The Morgan fingerprint density at radius 2 is 1.85 bits per heavy atom. The van der Waals surface area contributed by atoms with Crippen LogP contribution < -0.4 is 5.32 Å². The molecule has 2 aliphatic rings. The molecule has 1 aromatic rings. The standard InChI is InChI=1S/C18H28N2/c1-15-11-18(14-19-13-15)20-9-7-17(8-10-20)12-16-5-3-2-4-6-16/h2-6,15,17-19H,7-14H2,1H3. The third-order valence-electron chi connectivity index (χ3n) is 5.08. The zero-order valence-electron chi connectivity index (χ0n) is 12.7. The molecule has 0 amide bonds. The van der Waals surface area contributed by atoms with Gasteiger partial charge in [0.15, 0.2) is 0 Å². The van der Waals surface area contributed by atoms with Gasteiger partial charge >= 0.3 is 0 Å². The van der Waals surface area contributed by atoms with E-state index in [0.717, 1.165) is 17.9 Å². The molecule has 2 aliphatic heterocycles. The molecule has 110 valence electrons. The van der Waals surface area contributed by atoms with Crippen molar-refractivity contribution in [3.63, 3.8) is 0 Å². The molecule has 0 spiro atoms. The van der Waals surface area contributed by atoms with Crippen LogP contribution in [0.2, 0.25) is 0 Å². The van der Waals surface area contributed by atoms with Gasteiger partial charge in [0, 0.05) is 12.6 Å². The van der Waals surface area contributed by atoms with Crippen molar-refractivity contribution in [2.45, 2.75) is 38.6 Å². The van der Waals surface area contributed by atoms with E-state index in [4.69, 9.17) is 0 Å². The molecule has 2 heteroatoms. The van der Waals surface area contributed by atoms with Crippen LogP contribution in [0.1, 0.15) is 31.7 Å².